The van der Waals surface area contributed by atoms with Crippen LogP contribution in [0, 0.1) is 5.92 Å². The molecule has 7 heteroatoms. The Morgan fingerprint density at radius 1 is 1.43 bits per heavy atom. The summed E-state index contributed by atoms with van der Waals surface area (Å²) >= 11 is 1.41. The molecule has 1 N–H and O–H groups in total. The van der Waals surface area contributed by atoms with E-state index in [1.807, 2.05) is 19.2 Å². The SMILES string of the molecule is CCOC(=O)CCc1csc(NC(C(=O)OC)C(C)C)n1. The summed E-state index contributed by atoms with van der Waals surface area (Å²) in [5.74, 6) is -0.452. The zero-order valence-corrected chi connectivity index (χ0v) is 13.7. The minimum atomic E-state index is -0.431. The third kappa shape index (κ3) is 5.71. The van der Waals surface area contributed by atoms with Gasteiger partial charge in [-0.05, 0) is 12.8 Å². The molecule has 0 aliphatic rings. The van der Waals surface area contributed by atoms with Gasteiger partial charge in [0.25, 0.3) is 0 Å². The highest BCUT2D eigenvalue weighted by Gasteiger charge is 2.23. The summed E-state index contributed by atoms with van der Waals surface area (Å²) in [4.78, 5) is 27.4. The molecule has 1 unspecified atom stereocenters. The van der Waals surface area contributed by atoms with Crippen LogP contribution in [-0.4, -0.2) is 36.7 Å². The van der Waals surface area contributed by atoms with Gasteiger partial charge in [0, 0.05) is 11.8 Å². The number of esters is 2. The first-order valence-corrected chi connectivity index (χ1v) is 7.80. The second-order valence-electron chi connectivity index (χ2n) is 4.84. The normalized spacial score (nSPS) is 12.0. The highest BCUT2D eigenvalue weighted by molar-refractivity contribution is 7.13. The summed E-state index contributed by atoms with van der Waals surface area (Å²) in [7, 11) is 1.37. The Bertz CT molecular complexity index is 473. The summed E-state index contributed by atoms with van der Waals surface area (Å²) < 4.78 is 9.65. The average Bonchev–Trinajstić information content (AvgIpc) is 2.89. The molecule has 0 aliphatic heterocycles. The maximum Gasteiger partial charge on any atom is 0.328 e. The molecule has 1 rings (SSSR count). The Labute approximate surface area is 128 Å². The molecule has 1 atom stereocenters. The van der Waals surface area contributed by atoms with E-state index in [2.05, 4.69) is 10.3 Å². The van der Waals surface area contributed by atoms with Crippen LogP contribution in [0.15, 0.2) is 5.38 Å². The third-order valence-corrected chi connectivity index (χ3v) is 3.67. The Morgan fingerprint density at radius 2 is 2.14 bits per heavy atom. The maximum atomic E-state index is 11.7. The van der Waals surface area contributed by atoms with Gasteiger partial charge in [0.1, 0.15) is 6.04 Å². The first-order chi connectivity index (χ1) is 9.97. The summed E-state index contributed by atoms with van der Waals surface area (Å²) in [5.41, 5.74) is 0.808. The molecule has 0 bridgehead atoms. The standard InChI is InChI=1S/C14H22N2O4S/c1-5-20-11(17)7-6-10-8-21-14(15-10)16-12(9(2)3)13(18)19-4/h8-9,12H,5-7H2,1-4H3,(H,15,16). The third-order valence-electron chi connectivity index (χ3n) is 2.84. The van der Waals surface area contributed by atoms with Crippen molar-refractivity contribution >= 4 is 28.4 Å². The number of aromatic nitrogens is 1. The van der Waals surface area contributed by atoms with Crippen LogP contribution in [0.5, 0.6) is 0 Å². The highest BCUT2D eigenvalue weighted by Crippen LogP contribution is 2.20. The quantitative estimate of drug-likeness (QED) is 0.742. The smallest absolute Gasteiger partial charge is 0.328 e. The largest absolute Gasteiger partial charge is 0.467 e. The molecule has 0 aliphatic carbocycles. The van der Waals surface area contributed by atoms with Crippen molar-refractivity contribution in [2.75, 3.05) is 19.0 Å². The lowest BCUT2D eigenvalue weighted by molar-refractivity contribution is -0.143. The summed E-state index contributed by atoms with van der Waals surface area (Å²) in [6.07, 6.45) is 0.837. The van der Waals surface area contributed by atoms with Gasteiger partial charge in [0.2, 0.25) is 0 Å². The molecule has 118 valence electrons. The van der Waals surface area contributed by atoms with Crippen LogP contribution in [0.4, 0.5) is 5.13 Å². The van der Waals surface area contributed by atoms with Crippen LogP contribution < -0.4 is 5.32 Å². The summed E-state index contributed by atoms with van der Waals surface area (Å²) in [6, 6.07) is -0.431. The molecule has 0 spiro atoms. The molecular formula is C14H22N2O4S. The van der Waals surface area contributed by atoms with Crippen LogP contribution in [-0.2, 0) is 25.5 Å². The van der Waals surface area contributed by atoms with Gasteiger partial charge in [-0.3, -0.25) is 4.79 Å². The lowest BCUT2D eigenvalue weighted by Gasteiger charge is -2.18. The maximum absolute atomic E-state index is 11.7. The predicted octanol–water partition coefficient (Wildman–Crippen LogP) is 2.25. The monoisotopic (exact) mass is 314 g/mol. The molecule has 1 aromatic rings. The number of hydrogen-bond acceptors (Lipinski definition) is 7. The van der Waals surface area contributed by atoms with E-state index in [4.69, 9.17) is 9.47 Å². The molecule has 0 aromatic carbocycles. The van der Waals surface area contributed by atoms with Crippen molar-refractivity contribution in [1.29, 1.82) is 0 Å². The zero-order valence-electron chi connectivity index (χ0n) is 12.8. The Kier molecular flexibility index (Phi) is 7.14. The van der Waals surface area contributed by atoms with Crippen LogP contribution in [0.1, 0.15) is 32.9 Å². The van der Waals surface area contributed by atoms with Crippen molar-refractivity contribution in [2.24, 2.45) is 5.92 Å². The van der Waals surface area contributed by atoms with E-state index in [9.17, 15) is 9.59 Å². The molecule has 0 radical (unpaired) electrons. The van der Waals surface area contributed by atoms with Gasteiger partial charge in [-0.15, -0.1) is 11.3 Å². The van der Waals surface area contributed by atoms with Gasteiger partial charge in [-0.1, -0.05) is 13.8 Å². The molecule has 1 aromatic heterocycles. The summed E-state index contributed by atoms with van der Waals surface area (Å²) in [6.45, 7) is 6.03. The number of rotatable bonds is 8. The fraction of sp³-hybridized carbons (Fsp3) is 0.643. The van der Waals surface area contributed by atoms with Crippen molar-refractivity contribution in [2.45, 2.75) is 39.7 Å². The predicted molar refractivity (Wildman–Crippen MR) is 81.3 cm³/mol. The number of anilines is 1. The van der Waals surface area contributed by atoms with Crippen LogP contribution >= 0.6 is 11.3 Å². The number of methoxy groups -OCH3 is 1. The second-order valence-corrected chi connectivity index (χ2v) is 5.70. The number of aryl methyl sites for hydroxylation is 1. The molecule has 0 saturated carbocycles. The van der Waals surface area contributed by atoms with Gasteiger partial charge >= 0.3 is 11.9 Å². The number of nitrogens with zero attached hydrogens (tertiary/aromatic N) is 1. The molecule has 6 nitrogen and oxygen atoms in total. The minimum Gasteiger partial charge on any atom is -0.467 e. The number of carbonyl (C=O) groups is 2. The number of ether oxygens (including phenoxy) is 2. The van der Waals surface area contributed by atoms with E-state index < -0.39 is 6.04 Å². The zero-order chi connectivity index (χ0) is 15.8. The van der Waals surface area contributed by atoms with Gasteiger partial charge in [-0.25, -0.2) is 9.78 Å². The van der Waals surface area contributed by atoms with Crippen molar-refractivity contribution in [3.05, 3.63) is 11.1 Å². The average molecular weight is 314 g/mol. The minimum absolute atomic E-state index is 0.0873. The van der Waals surface area contributed by atoms with Crippen LogP contribution in [0.2, 0.25) is 0 Å². The number of thiazole rings is 1. The number of hydrogen-bond donors (Lipinski definition) is 1. The highest BCUT2D eigenvalue weighted by atomic mass is 32.1. The van der Waals surface area contributed by atoms with E-state index in [-0.39, 0.29) is 17.9 Å². The van der Waals surface area contributed by atoms with Crippen molar-refractivity contribution in [3.8, 4) is 0 Å². The summed E-state index contributed by atoms with van der Waals surface area (Å²) in [5, 5.41) is 5.60. The molecular weight excluding hydrogens is 292 g/mol. The molecule has 0 fully saturated rings. The first kappa shape index (κ1) is 17.4. The van der Waals surface area contributed by atoms with E-state index in [0.717, 1.165) is 5.69 Å². The van der Waals surface area contributed by atoms with E-state index in [1.165, 1.54) is 18.4 Å². The number of nitrogens with one attached hydrogen (secondary N) is 1. The molecule has 0 amide bonds. The van der Waals surface area contributed by atoms with Crippen LogP contribution in [0.25, 0.3) is 0 Å². The fourth-order valence-corrected chi connectivity index (χ4v) is 2.49. The Balaban J connectivity index is 2.57. The van der Waals surface area contributed by atoms with E-state index >= 15 is 0 Å². The van der Waals surface area contributed by atoms with Gasteiger partial charge in [-0.2, -0.15) is 0 Å². The van der Waals surface area contributed by atoms with Crippen molar-refractivity contribution < 1.29 is 19.1 Å². The van der Waals surface area contributed by atoms with E-state index in [1.54, 1.807) is 6.92 Å². The lowest BCUT2D eigenvalue weighted by atomic mass is 10.1. The van der Waals surface area contributed by atoms with Gasteiger partial charge < -0.3 is 14.8 Å². The van der Waals surface area contributed by atoms with Gasteiger partial charge in [0.05, 0.1) is 25.8 Å². The Hall–Kier alpha value is -1.63. The number of carbonyl (C=O) groups excluding carboxylic acids is 2. The molecule has 0 saturated heterocycles. The Morgan fingerprint density at radius 3 is 2.71 bits per heavy atom. The van der Waals surface area contributed by atoms with Crippen molar-refractivity contribution in [3.63, 3.8) is 0 Å². The fourth-order valence-electron chi connectivity index (χ4n) is 1.71. The van der Waals surface area contributed by atoms with E-state index in [0.29, 0.717) is 24.6 Å². The van der Waals surface area contributed by atoms with Gasteiger partial charge in [0.15, 0.2) is 5.13 Å². The lowest BCUT2D eigenvalue weighted by Crippen LogP contribution is -2.35. The molecule has 1 heterocycles. The molecule has 21 heavy (non-hydrogen) atoms. The second kappa shape index (κ2) is 8.61. The van der Waals surface area contributed by atoms with Crippen molar-refractivity contribution in [1.82, 2.24) is 4.98 Å². The topological polar surface area (TPSA) is 77.5 Å². The first-order valence-electron chi connectivity index (χ1n) is 6.92. The van der Waals surface area contributed by atoms with Crippen LogP contribution in [0.3, 0.4) is 0 Å².